The summed E-state index contributed by atoms with van der Waals surface area (Å²) < 4.78 is 39.1. The molecule has 8 heteroatoms. The highest BCUT2D eigenvalue weighted by Gasteiger charge is 2.30. The minimum atomic E-state index is -4.36. The van der Waals surface area contributed by atoms with Gasteiger partial charge in [0.15, 0.2) is 0 Å². The average molecular weight is 480 g/mol. The topological polar surface area (TPSA) is 49.2 Å². The molecule has 30 heavy (non-hydrogen) atoms. The van der Waals surface area contributed by atoms with Crippen molar-refractivity contribution >= 4 is 21.9 Å². The predicted molar refractivity (Wildman–Crippen MR) is 113 cm³/mol. The summed E-state index contributed by atoms with van der Waals surface area (Å²) in [4.78, 5) is 10.8. The van der Waals surface area contributed by atoms with Gasteiger partial charge in [-0.1, -0.05) is 25.1 Å². The first-order valence-corrected chi connectivity index (χ1v) is 10.2. The van der Waals surface area contributed by atoms with Crippen molar-refractivity contribution in [2.24, 2.45) is 0 Å². The summed E-state index contributed by atoms with van der Waals surface area (Å²) in [5.41, 5.74) is 2.08. The van der Waals surface area contributed by atoms with Crippen molar-refractivity contribution in [1.29, 1.82) is 0 Å². The maximum atomic E-state index is 12.8. The van der Waals surface area contributed by atoms with Gasteiger partial charge in [-0.05, 0) is 69.7 Å². The van der Waals surface area contributed by atoms with Crippen LogP contribution in [-0.2, 0) is 25.6 Å². The number of halogens is 4. The molecule has 2 aromatic carbocycles. The molecule has 1 heterocycles. The lowest BCUT2D eigenvalue weighted by molar-refractivity contribution is -0.137. The van der Waals surface area contributed by atoms with E-state index in [0.29, 0.717) is 29.9 Å². The SMILES string of the molecule is CCc1cnc(N(CCc2ccc(O)c(Br)c2)Cc2ccc(C(F)(F)F)cc2)nc1. The van der Waals surface area contributed by atoms with Crippen molar-refractivity contribution in [3.8, 4) is 5.75 Å². The molecule has 3 rings (SSSR count). The van der Waals surface area contributed by atoms with E-state index in [-0.39, 0.29) is 5.75 Å². The van der Waals surface area contributed by atoms with Crippen LogP contribution in [0.1, 0.15) is 29.2 Å². The second-order valence-electron chi connectivity index (χ2n) is 6.90. The number of anilines is 1. The Hall–Kier alpha value is -2.61. The highest BCUT2D eigenvalue weighted by molar-refractivity contribution is 9.10. The number of benzene rings is 2. The number of rotatable bonds is 7. The van der Waals surface area contributed by atoms with E-state index >= 15 is 0 Å². The van der Waals surface area contributed by atoms with Crippen molar-refractivity contribution in [3.63, 3.8) is 0 Å². The zero-order valence-corrected chi connectivity index (χ0v) is 17.9. The molecule has 0 saturated carbocycles. The number of phenolic OH excluding ortho intramolecular Hbond substituents is 1. The molecule has 0 aliphatic carbocycles. The fraction of sp³-hybridized carbons (Fsp3) is 0.273. The van der Waals surface area contributed by atoms with E-state index in [1.54, 1.807) is 18.5 Å². The Morgan fingerprint density at radius 2 is 1.60 bits per heavy atom. The first kappa shape index (κ1) is 22.1. The maximum absolute atomic E-state index is 12.8. The third kappa shape index (κ3) is 5.72. The first-order chi connectivity index (χ1) is 14.3. The molecule has 1 aromatic heterocycles. The van der Waals surface area contributed by atoms with Crippen molar-refractivity contribution in [1.82, 2.24) is 9.97 Å². The molecule has 0 saturated heterocycles. The number of aryl methyl sites for hydroxylation is 1. The predicted octanol–water partition coefficient (Wildman–Crippen LogP) is 5.78. The molecule has 3 aromatic rings. The van der Waals surface area contributed by atoms with Crippen LogP contribution in [0.15, 0.2) is 59.3 Å². The average Bonchev–Trinajstić information content (AvgIpc) is 2.73. The summed E-state index contributed by atoms with van der Waals surface area (Å²) in [5, 5.41) is 9.67. The number of nitrogens with zero attached hydrogens (tertiary/aromatic N) is 3. The monoisotopic (exact) mass is 479 g/mol. The van der Waals surface area contributed by atoms with E-state index < -0.39 is 11.7 Å². The molecule has 4 nitrogen and oxygen atoms in total. The lowest BCUT2D eigenvalue weighted by Crippen LogP contribution is -2.27. The summed E-state index contributed by atoms with van der Waals surface area (Å²) in [5.74, 6) is 0.684. The van der Waals surface area contributed by atoms with Crippen LogP contribution < -0.4 is 4.90 Å². The molecule has 158 valence electrons. The Bertz CT molecular complexity index is 976. The normalized spacial score (nSPS) is 11.5. The number of hydrogen-bond acceptors (Lipinski definition) is 4. The van der Waals surface area contributed by atoms with Crippen LogP contribution in [0.2, 0.25) is 0 Å². The van der Waals surface area contributed by atoms with E-state index in [1.165, 1.54) is 12.1 Å². The van der Waals surface area contributed by atoms with E-state index in [9.17, 15) is 18.3 Å². The van der Waals surface area contributed by atoms with Crippen LogP contribution in [0.3, 0.4) is 0 Å². The Morgan fingerprint density at radius 1 is 0.967 bits per heavy atom. The smallest absolute Gasteiger partial charge is 0.416 e. The van der Waals surface area contributed by atoms with E-state index in [1.807, 2.05) is 24.0 Å². The van der Waals surface area contributed by atoms with Gasteiger partial charge in [-0.25, -0.2) is 9.97 Å². The Balaban J connectivity index is 1.80. The first-order valence-electron chi connectivity index (χ1n) is 9.45. The highest BCUT2D eigenvalue weighted by Crippen LogP contribution is 2.29. The van der Waals surface area contributed by atoms with Crippen LogP contribution in [0.5, 0.6) is 5.75 Å². The molecule has 1 N–H and O–H groups in total. The third-order valence-electron chi connectivity index (χ3n) is 4.72. The van der Waals surface area contributed by atoms with Gasteiger partial charge in [0, 0.05) is 25.5 Å². The summed E-state index contributed by atoms with van der Waals surface area (Å²) in [6.07, 6.45) is 0.640. The standard InChI is InChI=1S/C22H21BrF3N3O/c1-2-15-12-27-21(28-13-15)29(10-9-16-5-8-20(30)19(23)11-16)14-17-3-6-18(7-4-17)22(24,25)26/h3-8,11-13,30H,2,9-10,14H2,1H3. The molecular formula is C22H21BrF3N3O. The van der Waals surface area contributed by atoms with E-state index in [0.717, 1.165) is 35.2 Å². The van der Waals surface area contributed by atoms with Crippen LogP contribution in [0.4, 0.5) is 19.1 Å². The van der Waals surface area contributed by atoms with Gasteiger partial charge in [0.05, 0.1) is 10.0 Å². The minimum absolute atomic E-state index is 0.166. The van der Waals surface area contributed by atoms with E-state index in [2.05, 4.69) is 25.9 Å². The molecular weight excluding hydrogens is 459 g/mol. The van der Waals surface area contributed by atoms with Crippen LogP contribution >= 0.6 is 15.9 Å². The van der Waals surface area contributed by atoms with Crippen LogP contribution in [-0.4, -0.2) is 21.6 Å². The summed E-state index contributed by atoms with van der Waals surface area (Å²) in [6, 6.07) is 10.4. The van der Waals surface area contributed by atoms with Gasteiger partial charge in [-0.3, -0.25) is 0 Å². The number of hydrogen-bond donors (Lipinski definition) is 1. The zero-order chi connectivity index (χ0) is 21.7. The molecule has 0 fully saturated rings. The van der Waals surface area contributed by atoms with Gasteiger partial charge < -0.3 is 10.0 Å². The molecule has 0 atom stereocenters. The van der Waals surface area contributed by atoms with Gasteiger partial charge in [0.2, 0.25) is 5.95 Å². The Morgan fingerprint density at radius 3 is 2.17 bits per heavy atom. The molecule has 0 bridgehead atoms. The number of alkyl halides is 3. The van der Waals surface area contributed by atoms with E-state index in [4.69, 9.17) is 0 Å². The van der Waals surface area contributed by atoms with Gasteiger partial charge in [0.25, 0.3) is 0 Å². The molecule has 0 aliphatic heterocycles. The van der Waals surface area contributed by atoms with Crippen LogP contribution in [0, 0.1) is 0 Å². The fourth-order valence-corrected chi connectivity index (χ4v) is 3.36. The second kappa shape index (κ2) is 9.47. The largest absolute Gasteiger partial charge is 0.507 e. The van der Waals surface area contributed by atoms with Gasteiger partial charge in [0.1, 0.15) is 5.75 Å². The fourth-order valence-electron chi connectivity index (χ4n) is 2.93. The quantitative estimate of drug-likeness (QED) is 0.466. The van der Waals surface area contributed by atoms with Crippen LogP contribution in [0.25, 0.3) is 0 Å². The van der Waals surface area contributed by atoms with Gasteiger partial charge in [-0.15, -0.1) is 0 Å². The lowest BCUT2D eigenvalue weighted by Gasteiger charge is -2.23. The third-order valence-corrected chi connectivity index (χ3v) is 5.36. The lowest BCUT2D eigenvalue weighted by atomic mass is 10.1. The van der Waals surface area contributed by atoms with Crippen molar-refractivity contribution in [3.05, 3.63) is 81.6 Å². The number of aromatic hydroxyl groups is 1. The molecule has 0 unspecified atom stereocenters. The molecule has 0 amide bonds. The maximum Gasteiger partial charge on any atom is 0.416 e. The number of phenols is 1. The van der Waals surface area contributed by atoms with Gasteiger partial charge >= 0.3 is 6.18 Å². The summed E-state index contributed by atoms with van der Waals surface area (Å²) >= 11 is 3.31. The summed E-state index contributed by atoms with van der Waals surface area (Å²) in [6.45, 7) is 2.95. The summed E-state index contributed by atoms with van der Waals surface area (Å²) in [7, 11) is 0. The van der Waals surface area contributed by atoms with Crippen molar-refractivity contribution in [2.45, 2.75) is 32.5 Å². The van der Waals surface area contributed by atoms with Crippen molar-refractivity contribution < 1.29 is 18.3 Å². The van der Waals surface area contributed by atoms with Gasteiger partial charge in [-0.2, -0.15) is 13.2 Å². The molecule has 0 spiro atoms. The Labute approximate surface area is 181 Å². The molecule has 0 radical (unpaired) electrons. The molecule has 0 aliphatic rings. The highest BCUT2D eigenvalue weighted by atomic mass is 79.9. The second-order valence-corrected chi connectivity index (χ2v) is 7.75. The number of aromatic nitrogens is 2. The zero-order valence-electron chi connectivity index (χ0n) is 16.3. The Kier molecular flexibility index (Phi) is 6.97. The van der Waals surface area contributed by atoms with Crippen molar-refractivity contribution in [2.75, 3.05) is 11.4 Å². The minimum Gasteiger partial charge on any atom is -0.507 e.